The monoisotopic (exact) mass is 354 g/mol. The predicted octanol–water partition coefficient (Wildman–Crippen LogP) is 4.34. The molecule has 0 amide bonds. The fourth-order valence-electron chi connectivity index (χ4n) is 3.18. The molecule has 5 heteroatoms. The molecule has 0 heterocycles. The summed E-state index contributed by atoms with van der Waals surface area (Å²) in [5.74, 6) is 0. The summed E-state index contributed by atoms with van der Waals surface area (Å²) in [6, 6.07) is 6.79. The van der Waals surface area contributed by atoms with E-state index in [2.05, 4.69) is 0 Å². The highest BCUT2D eigenvalue weighted by Gasteiger charge is 2.23. The zero-order valence-electron chi connectivity index (χ0n) is 14.6. The molecule has 2 saturated carbocycles. The van der Waals surface area contributed by atoms with Crippen LogP contribution in [0.25, 0.3) is 0 Å². The van der Waals surface area contributed by atoms with Crippen molar-refractivity contribution in [3.63, 3.8) is 0 Å². The zero-order valence-corrected chi connectivity index (χ0v) is 15.4. The van der Waals surface area contributed by atoms with Crippen LogP contribution in [0.1, 0.15) is 69.8 Å². The zero-order chi connectivity index (χ0) is 17.4. The lowest BCUT2D eigenvalue weighted by atomic mass is 9.98. The Balaban J connectivity index is 0.000000249. The van der Waals surface area contributed by atoms with Gasteiger partial charge in [-0.3, -0.25) is 4.18 Å². The molecule has 3 rings (SSSR count). The van der Waals surface area contributed by atoms with Gasteiger partial charge >= 0.3 is 0 Å². The summed E-state index contributed by atoms with van der Waals surface area (Å²) in [6.45, 7) is 1.93. The molecule has 0 atom stereocenters. The molecule has 136 valence electrons. The van der Waals surface area contributed by atoms with Gasteiger partial charge in [0.05, 0.1) is 17.1 Å². The van der Waals surface area contributed by atoms with E-state index < -0.39 is 10.1 Å². The van der Waals surface area contributed by atoms with Crippen LogP contribution in [0.5, 0.6) is 0 Å². The molecular weight excluding hydrogens is 324 g/mol. The third-order valence-electron chi connectivity index (χ3n) is 4.70. The molecule has 24 heavy (non-hydrogen) atoms. The van der Waals surface area contributed by atoms with Gasteiger partial charge in [0, 0.05) is 0 Å². The highest BCUT2D eigenvalue weighted by Crippen LogP contribution is 2.24. The molecule has 0 spiro atoms. The van der Waals surface area contributed by atoms with Crippen molar-refractivity contribution in [2.45, 2.75) is 88.2 Å². The summed E-state index contributed by atoms with van der Waals surface area (Å²) in [5, 5.41) is 8.91. The first kappa shape index (κ1) is 19.4. The smallest absolute Gasteiger partial charge is 0.297 e. The van der Waals surface area contributed by atoms with Gasteiger partial charge in [-0.25, -0.2) is 0 Å². The first-order valence-corrected chi connectivity index (χ1v) is 10.6. The summed E-state index contributed by atoms with van der Waals surface area (Å²) in [4.78, 5) is 0.258. The summed E-state index contributed by atoms with van der Waals surface area (Å²) in [5.41, 5.74) is 1.04. The van der Waals surface area contributed by atoms with Gasteiger partial charge in [0.2, 0.25) is 0 Å². The van der Waals surface area contributed by atoms with Crippen LogP contribution in [0.3, 0.4) is 0 Å². The van der Waals surface area contributed by atoms with Crippen molar-refractivity contribution in [2.75, 3.05) is 0 Å². The van der Waals surface area contributed by atoms with Gasteiger partial charge in [0.25, 0.3) is 10.1 Å². The topological polar surface area (TPSA) is 63.6 Å². The van der Waals surface area contributed by atoms with E-state index in [1.54, 1.807) is 24.3 Å². The quantitative estimate of drug-likeness (QED) is 0.820. The van der Waals surface area contributed by atoms with Gasteiger partial charge in [0.1, 0.15) is 0 Å². The molecule has 0 aromatic heterocycles. The first-order valence-electron chi connectivity index (χ1n) is 9.15. The summed E-state index contributed by atoms with van der Waals surface area (Å²) >= 11 is 0. The Bertz CT molecular complexity index is 568. The molecule has 1 aromatic carbocycles. The number of hydrogen-bond acceptors (Lipinski definition) is 4. The SMILES string of the molecule is Cc1ccc(S(=O)(=O)OC2CCCCC2)cc1.OC1CCCCC1. The van der Waals surface area contributed by atoms with Crippen molar-refractivity contribution in [3.8, 4) is 0 Å². The van der Waals surface area contributed by atoms with Crippen molar-refractivity contribution < 1.29 is 17.7 Å². The highest BCUT2D eigenvalue weighted by atomic mass is 32.2. The second-order valence-electron chi connectivity index (χ2n) is 6.92. The van der Waals surface area contributed by atoms with Crippen LogP contribution >= 0.6 is 0 Å². The lowest BCUT2D eigenvalue weighted by Gasteiger charge is -2.21. The molecule has 2 aliphatic rings. The minimum absolute atomic E-state index is 0.0359. The molecule has 1 N–H and O–H groups in total. The molecule has 1 aromatic rings. The second-order valence-corrected chi connectivity index (χ2v) is 8.49. The maximum atomic E-state index is 12.0. The van der Waals surface area contributed by atoms with Gasteiger partial charge in [-0.1, -0.05) is 56.2 Å². The van der Waals surface area contributed by atoms with Gasteiger partial charge in [-0.05, 0) is 44.7 Å². The van der Waals surface area contributed by atoms with Crippen molar-refractivity contribution >= 4 is 10.1 Å². The average Bonchev–Trinajstić information content (AvgIpc) is 2.57. The lowest BCUT2D eigenvalue weighted by molar-refractivity contribution is 0.130. The number of benzene rings is 1. The molecule has 0 bridgehead atoms. The first-order chi connectivity index (χ1) is 11.5. The van der Waals surface area contributed by atoms with Gasteiger partial charge in [-0.15, -0.1) is 0 Å². The highest BCUT2D eigenvalue weighted by molar-refractivity contribution is 7.86. The number of rotatable bonds is 3. The van der Waals surface area contributed by atoms with Crippen molar-refractivity contribution in [3.05, 3.63) is 29.8 Å². The summed E-state index contributed by atoms with van der Waals surface area (Å²) in [7, 11) is -3.58. The number of aryl methyl sites for hydroxylation is 1. The van der Waals surface area contributed by atoms with Gasteiger partial charge < -0.3 is 5.11 Å². The number of hydrogen-bond donors (Lipinski definition) is 1. The minimum Gasteiger partial charge on any atom is -0.393 e. The number of aliphatic hydroxyl groups excluding tert-OH is 1. The van der Waals surface area contributed by atoms with Crippen LogP contribution in [0, 0.1) is 6.92 Å². The Morgan fingerprint density at radius 1 is 0.875 bits per heavy atom. The Labute approximate surface area is 146 Å². The van der Waals surface area contributed by atoms with E-state index >= 15 is 0 Å². The third-order valence-corrected chi connectivity index (χ3v) is 6.07. The third kappa shape index (κ3) is 6.54. The minimum atomic E-state index is -3.58. The van der Waals surface area contributed by atoms with Crippen molar-refractivity contribution in [1.29, 1.82) is 0 Å². The van der Waals surface area contributed by atoms with Crippen LogP contribution in [0.15, 0.2) is 29.2 Å². The standard InChI is InChI=1S/C13H18O3S.C6H12O/c1-11-7-9-13(10-8-11)17(14,15)16-12-5-3-2-4-6-12;7-6-4-2-1-3-5-6/h7-10,12H,2-6H2,1H3;6-7H,1-5H2. The van der Waals surface area contributed by atoms with E-state index in [1.165, 1.54) is 25.7 Å². The van der Waals surface area contributed by atoms with Crippen LogP contribution in [-0.2, 0) is 14.3 Å². The maximum absolute atomic E-state index is 12.0. The molecule has 0 aliphatic heterocycles. The lowest BCUT2D eigenvalue weighted by Crippen LogP contribution is -2.21. The Morgan fingerprint density at radius 3 is 1.83 bits per heavy atom. The Morgan fingerprint density at radius 2 is 1.38 bits per heavy atom. The van der Waals surface area contributed by atoms with Crippen LogP contribution in [-0.4, -0.2) is 25.7 Å². The molecule has 2 aliphatic carbocycles. The van der Waals surface area contributed by atoms with Gasteiger partial charge in [-0.2, -0.15) is 8.42 Å². The predicted molar refractivity (Wildman–Crippen MR) is 95.4 cm³/mol. The maximum Gasteiger partial charge on any atom is 0.297 e. The molecule has 4 nitrogen and oxygen atoms in total. The van der Waals surface area contributed by atoms with E-state index in [-0.39, 0.29) is 17.1 Å². The van der Waals surface area contributed by atoms with Crippen LogP contribution in [0.2, 0.25) is 0 Å². The van der Waals surface area contributed by atoms with E-state index in [1.807, 2.05) is 6.92 Å². The normalized spacial score (nSPS) is 20.2. The van der Waals surface area contributed by atoms with E-state index in [9.17, 15) is 8.42 Å². The van der Waals surface area contributed by atoms with Crippen LogP contribution < -0.4 is 0 Å². The van der Waals surface area contributed by atoms with Crippen molar-refractivity contribution in [2.24, 2.45) is 0 Å². The molecule has 0 radical (unpaired) electrons. The van der Waals surface area contributed by atoms with E-state index in [4.69, 9.17) is 9.29 Å². The molecular formula is C19H30O4S. The Hall–Kier alpha value is -0.910. The molecule has 0 saturated heterocycles. The molecule has 0 unspecified atom stereocenters. The number of aliphatic hydroxyl groups is 1. The largest absolute Gasteiger partial charge is 0.393 e. The fourth-order valence-corrected chi connectivity index (χ4v) is 4.31. The summed E-state index contributed by atoms with van der Waals surface area (Å²) < 4.78 is 29.3. The van der Waals surface area contributed by atoms with Crippen LogP contribution in [0.4, 0.5) is 0 Å². The van der Waals surface area contributed by atoms with E-state index in [0.29, 0.717) is 0 Å². The van der Waals surface area contributed by atoms with Crippen molar-refractivity contribution in [1.82, 2.24) is 0 Å². The fraction of sp³-hybridized carbons (Fsp3) is 0.684. The molecule has 2 fully saturated rings. The summed E-state index contributed by atoms with van der Waals surface area (Å²) in [6.07, 6.45) is 10.8. The Kier molecular flexibility index (Phi) is 7.72. The average molecular weight is 355 g/mol. The van der Waals surface area contributed by atoms with E-state index in [0.717, 1.165) is 44.1 Å². The van der Waals surface area contributed by atoms with Gasteiger partial charge in [0.15, 0.2) is 0 Å². The second kappa shape index (κ2) is 9.54.